The van der Waals surface area contributed by atoms with Gasteiger partial charge in [-0.25, -0.2) is 4.79 Å². The second-order valence-corrected chi connectivity index (χ2v) is 11.5. The lowest BCUT2D eigenvalue weighted by atomic mass is 9.92. The molecule has 1 amide bonds. The summed E-state index contributed by atoms with van der Waals surface area (Å²) >= 11 is 0. The second-order valence-electron chi connectivity index (χ2n) is 11.5. The molecule has 0 saturated carbocycles. The number of halogens is 3. The highest BCUT2D eigenvalue weighted by atomic mass is 19.4. The van der Waals surface area contributed by atoms with Gasteiger partial charge in [0.15, 0.2) is 0 Å². The van der Waals surface area contributed by atoms with Crippen LogP contribution in [-0.2, 0) is 21.0 Å². The molecule has 0 bridgehead atoms. The van der Waals surface area contributed by atoms with Crippen LogP contribution in [0.5, 0.6) is 5.75 Å². The highest BCUT2D eigenvalue weighted by molar-refractivity contribution is 6.02. The lowest BCUT2D eigenvalue weighted by Crippen LogP contribution is -2.35. The molecule has 46 heavy (non-hydrogen) atoms. The molecule has 4 aromatic rings. The van der Waals surface area contributed by atoms with Crippen LogP contribution in [0.1, 0.15) is 53.1 Å². The third kappa shape index (κ3) is 6.84. The van der Waals surface area contributed by atoms with Crippen LogP contribution in [0.3, 0.4) is 0 Å². The number of methoxy groups -OCH3 is 1. The van der Waals surface area contributed by atoms with Gasteiger partial charge < -0.3 is 9.57 Å². The van der Waals surface area contributed by atoms with Gasteiger partial charge in [0.2, 0.25) is 0 Å². The molecule has 0 spiro atoms. The Labute approximate surface area is 264 Å². The summed E-state index contributed by atoms with van der Waals surface area (Å²) in [6, 6.07) is 20.6. The average Bonchev–Trinajstić information content (AvgIpc) is 3.60. The van der Waals surface area contributed by atoms with E-state index in [1.54, 1.807) is 49.6 Å². The molecular formula is C35H33F3N4O4. The van der Waals surface area contributed by atoms with E-state index in [4.69, 9.17) is 4.74 Å². The number of nitrogens with one attached hydrogen (secondary N) is 1. The van der Waals surface area contributed by atoms with Gasteiger partial charge in [0.1, 0.15) is 5.75 Å². The van der Waals surface area contributed by atoms with Crippen LogP contribution in [0.25, 0.3) is 29.1 Å². The van der Waals surface area contributed by atoms with E-state index in [1.807, 2.05) is 30.4 Å². The Balaban J connectivity index is 1.23. The number of piperidine rings is 1. The number of hydrogen-bond acceptors (Lipinski definition) is 6. The number of rotatable bonds is 8. The van der Waals surface area contributed by atoms with Crippen molar-refractivity contribution in [1.82, 2.24) is 20.2 Å². The van der Waals surface area contributed by atoms with E-state index >= 15 is 0 Å². The molecule has 11 heteroatoms. The van der Waals surface area contributed by atoms with E-state index in [0.29, 0.717) is 27.4 Å². The van der Waals surface area contributed by atoms with Crippen molar-refractivity contribution >= 4 is 41.0 Å². The number of H-pyrrole nitrogens is 1. The third-order valence-corrected chi connectivity index (χ3v) is 8.34. The van der Waals surface area contributed by atoms with Crippen LogP contribution in [0.15, 0.2) is 72.3 Å². The van der Waals surface area contributed by atoms with Crippen molar-refractivity contribution in [3.05, 3.63) is 100 Å². The summed E-state index contributed by atoms with van der Waals surface area (Å²) in [5.74, 6) is -3.08. The minimum absolute atomic E-state index is 0.205. The van der Waals surface area contributed by atoms with Gasteiger partial charge in [-0.1, -0.05) is 55.0 Å². The molecule has 1 N–H and O–H groups in total. The lowest BCUT2D eigenvalue weighted by molar-refractivity contribution is -0.233. The van der Waals surface area contributed by atoms with E-state index in [9.17, 15) is 22.8 Å². The first-order chi connectivity index (χ1) is 22.2. The highest BCUT2D eigenvalue weighted by Crippen LogP contribution is 2.36. The standard InChI is InChI=1S/C35H33F3N4O4/c1-45-32-20-24(21-41-16-6-3-7-17-41)10-12-26(32)13-15-30-27-14-11-23(19-31(27)40-39-30)18-28-29(25-8-4-2-5-9-25)22-42(33(28)43)46-34(44)35(36,37)38/h2,4-5,8-15,18-20,29H,3,6-7,16-17,21-22H2,1H3,(H,39,40)/b15-13+,28-18+. The zero-order chi connectivity index (χ0) is 32.3. The Morgan fingerprint density at radius 2 is 1.80 bits per heavy atom. The van der Waals surface area contributed by atoms with Gasteiger partial charge in [0.05, 0.1) is 24.9 Å². The second kappa shape index (κ2) is 13.2. The van der Waals surface area contributed by atoms with Gasteiger partial charge in [0, 0.05) is 29.0 Å². The van der Waals surface area contributed by atoms with E-state index in [2.05, 4.69) is 32.1 Å². The fourth-order valence-corrected chi connectivity index (χ4v) is 5.99. The number of fused-ring (bicyclic) bond motifs is 1. The molecule has 0 aliphatic carbocycles. The predicted molar refractivity (Wildman–Crippen MR) is 168 cm³/mol. The first kappa shape index (κ1) is 31.1. The summed E-state index contributed by atoms with van der Waals surface area (Å²) in [6.07, 6.45) is 4.00. The minimum atomic E-state index is -5.23. The highest BCUT2D eigenvalue weighted by Gasteiger charge is 2.46. The molecule has 3 heterocycles. The number of hydrogen-bond donors (Lipinski definition) is 1. The van der Waals surface area contributed by atoms with Gasteiger partial charge >= 0.3 is 12.1 Å². The molecule has 2 saturated heterocycles. The van der Waals surface area contributed by atoms with Gasteiger partial charge in [0.25, 0.3) is 5.91 Å². The number of likely N-dealkylation sites (tertiary alicyclic amines) is 1. The van der Waals surface area contributed by atoms with Crippen molar-refractivity contribution < 1.29 is 32.3 Å². The van der Waals surface area contributed by atoms with E-state index < -0.39 is 24.0 Å². The van der Waals surface area contributed by atoms with Gasteiger partial charge in [-0.05, 0) is 79.0 Å². The molecule has 1 aromatic heterocycles. The maximum Gasteiger partial charge on any atom is 0.493 e. The van der Waals surface area contributed by atoms with Crippen LogP contribution in [-0.4, -0.2) is 65.0 Å². The van der Waals surface area contributed by atoms with Gasteiger partial charge in [-0.2, -0.15) is 23.3 Å². The van der Waals surface area contributed by atoms with E-state index in [1.165, 1.54) is 24.8 Å². The summed E-state index contributed by atoms with van der Waals surface area (Å²) in [7, 11) is 1.66. The molecule has 238 valence electrons. The number of ether oxygens (including phenoxy) is 1. The zero-order valence-electron chi connectivity index (χ0n) is 25.2. The smallest absolute Gasteiger partial charge is 0.493 e. The predicted octanol–water partition coefficient (Wildman–Crippen LogP) is 6.76. The van der Waals surface area contributed by atoms with Gasteiger partial charge in [-0.3, -0.25) is 14.8 Å². The largest absolute Gasteiger partial charge is 0.496 e. The number of aromatic nitrogens is 2. The van der Waals surface area contributed by atoms with Crippen LogP contribution in [0.4, 0.5) is 13.2 Å². The normalized spacial score (nSPS) is 18.6. The zero-order valence-corrected chi connectivity index (χ0v) is 25.2. The number of nitrogens with zero attached hydrogens (tertiary/aromatic N) is 3. The Morgan fingerprint density at radius 1 is 1.02 bits per heavy atom. The fourth-order valence-electron chi connectivity index (χ4n) is 5.99. The molecule has 2 aliphatic rings. The van der Waals surface area contributed by atoms with Crippen molar-refractivity contribution in [1.29, 1.82) is 0 Å². The van der Waals surface area contributed by atoms with Crippen LogP contribution < -0.4 is 4.74 Å². The Bertz CT molecular complexity index is 1790. The SMILES string of the molecule is COc1cc(CN2CCCCC2)ccc1/C=C/c1n[nH]c2cc(/C=C3/C(=O)N(OC(=O)C(F)(F)F)CC3c3ccccc3)ccc12. The third-order valence-electron chi connectivity index (χ3n) is 8.34. The summed E-state index contributed by atoms with van der Waals surface area (Å²) in [5, 5.41) is 8.80. The van der Waals surface area contributed by atoms with Gasteiger partial charge in [-0.15, -0.1) is 0 Å². The Morgan fingerprint density at radius 3 is 2.54 bits per heavy atom. The van der Waals surface area contributed by atoms with Crippen molar-refractivity contribution in [2.75, 3.05) is 26.7 Å². The number of benzene rings is 3. The molecular weight excluding hydrogens is 597 g/mol. The molecule has 1 unspecified atom stereocenters. The van der Waals surface area contributed by atoms with Crippen LogP contribution in [0, 0.1) is 0 Å². The Kier molecular flexibility index (Phi) is 8.94. The maximum absolute atomic E-state index is 13.2. The number of amides is 1. The van der Waals surface area contributed by atoms with Crippen molar-refractivity contribution in [3.8, 4) is 5.75 Å². The topological polar surface area (TPSA) is 87.8 Å². The van der Waals surface area contributed by atoms with Crippen LogP contribution in [0.2, 0.25) is 0 Å². The lowest BCUT2D eigenvalue weighted by Gasteiger charge is -2.26. The van der Waals surface area contributed by atoms with Crippen LogP contribution >= 0.6 is 0 Å². The van der Waals surface area contributed by atoms with E-state index in [-0.39, 0.29) is 12.1 Å². The number of hydroxylamine groups is 2. The molecule has 1 atom stereocenters. The first-order valence-corrected chi connectivity index (χ1v) is 15.1. The van der Waals surface area contributed by atoms with E-state index in [0.717, 1.165) is 36.3 Å². The number of alkyl halides is 3. The molecule has 2 aliphatic heterocycles. The number of aromatic amines is 1. The molecule has 6 rings (SSSR count). The summed E-state index contributed by atoms with van der Waals surface area (Å²) in [5.41, 5.74) is 5.09. The average molecular weight is 631 g/mol. The van der Waals surface area contributed by atoms with Crippen molar-refractivity contribution in [3.63, 3.8) is 0 Å². The maximum atomic E-state index is 13.2. The minimum Gasteiger partial charge on any atom is -0.496 e. The molecule has 2 fully saturated rings. The fraction of sp³-hybridized carbons (Fsp3) is 0.286. The van der Waals surface area contributed by atoms with Crippen molar-refractivity contribution in [2.45, 2.75) is 37.9 Å². The molecule has 3 aromatic carbocycles. The number of carbonyl (C=O) groups is 2. The number of carbonyl (C=O) groups excluding carboxylic acids is 2. The summed E-state index contributed by atoms with van der Waals surface area (Å²) < 4.78 is 44.3. The summed E-state index contributed by atoms with van der Waals surface area (Å²) in [6.45, 7) is 2.90. The monoisotopic (exact) mass is 630 g/mol. The Hall–Kier alpha value is -4.90. The molecule has 0 radical (unpaired) electrons. The summed E-state index contributed by atoms with van der Waals surface area (Å²) in [4.78, 5) is 31.6. The quantitative estimate of drug-likeness (QED) is 0.217. The molecule has 8 nitrogen and oxygen atoms in total. The van der Waals surface area contributed by atoms with Crippen molar-refractivity contribution in [2.24, 2.45) is 0 Å². The first-order valence-electron chi connectivity index (χ1n) is 15.1.